The number of thiazole rings is 1. The molecule has 1 heterocycles. The van der Waals surface area contributed by atoms with Crippen molar-refractivity contribution in [2.45, 2.75) is 26.7 Å². The lowest BCUT2D eigenvalue weighted by Crippen LogP contribution is -2.12. The fourth-order valence-corrected chi connectivity index (χ4v) is 2.49. The zero-order valence-electron chi connectivity index (χ0n) is 12.1. The zero-order valence-corrected chi connectivity index (χ0v) is 12.9. The molecule has 0 unspecified atom stereocenters. The van der Waals surface area contributed by atoms with Crippen LogP contribution in [0.4, 0.5) is 5.13 Å². The predicted octanol–water partition coefficient (Wildman–Crippen LogP) is 3.72. The Bertz CT molecular complexity index is 660. The van der Waals surface area contributed by atoms with Gasteiger partial charge < -0.3 is 5.21 Å². The number of benzene rings is 1. The zero-order chi connectivity index (χ0) is 15.4. The average molecular weight is 303 g/mol. The van der Waals surface area contributed by atoms with E-state index in [9.17, 15) is 4.79 Å². The minimum Gasteiger partial charge on any atom is -0.411 e. The van der Waals surface area contributed by atoms with Crippen molar-refractivity contribution in [1.82, 2.24) is 4.98 Å². The molecule has 1 aromatic carbocycles. The largest absolute Gasteiger partial charge is 0.411 e. The number of nitrogens with zero attached hydrogens (tertiary/aromatic N) is 2. The van der Waals surface area contributed by atoms with Crippen molar-refractivity contribution in [1.29, 1.82) is 0 Å². The molecule has 0 spiro atoms. The van der Waals surface area contributed by atoms with Gasteiger partial charge in [-0.2, -0.15) is 0 Å². The molecular formula is C15H17N3O2S. The molecule has 5 nitrogen and oxygen atoms in total. The molecule has 110 valence electrons. The fraction of sp³-hybridized carbons (Fsp3) is 0.267. The summed E-state index contributed by atoms with van der Waals surface area (Å²) in [6, 6.07) is 7.52. The van der Waals surface area contributed by atoms with Crippen LogP contribution in [0.25, 0.3) is 0 Å². The second-order valence-corrected chi connectivity index (χ2v) is 5.81. The molecule has 1 aromatic heterocycles. The van der Waals surface area contributed by atoms with Gasteiger partial charge >= 0.3 is 0 Å². The van der Waals surface area contributed by atoms with E-state index in [1.807, 2.05) is 12.1 Å². The highest BCUT2D eigenvalue weighted by Gasteiger charge is 2.11. The van der Waals surface area contributed by atoms with Gasteiger partial charge in [0.05, 0.1) is 0 Å². The maximum absolute atomic E-state index is 12.1. The van der Waals surface area contributed by atoms with Crippen LogP contribution >= 0.6 is 11.3 Å². The molecule has 1 amide bonds. The number of rotatable bonds is 4. The Labute approximate surface area is 127 Å². The molecule has 0 radical (unpaired) electrons. The smallest absolute Gasteiger partial charge is 0.257 e. The lowest BCUT2D eigenvalue weighted by atomic mass is 10.0. The molecule has 0 bridgehead atoms. The molecule has 0 fully saturated rings. The van der Waals surface area contributed by atoms with Crippen LogP contribution in [0, 0.1) is 0 Å². The highest BCUT2D eigenvalue weighted by molar-refractivity contribution is 7.14. The molecule has 21 heavy (non-hydrogen) atoms. The third-order valence-corrected chi connectivity index (χ3v) is 3.84. The molecule has 0 saturated carbocycles. The maximum atomic E-state index is 12.1. The molecule has 0 aliphatic heterocycles. The van der Waals surface area contributed by atoms with Gasteiger partial charge in [-0.05, 0) is 30.5 Å². The summed E-state index contributed by atoms with van der Waals surface area (Å²) in [7, 11) is 0. The van der Waals surface area contributed by atoms with Crippen LogP contribution in [0.3, 0.4) is 0 Å². The third kappa shape index (κ3) is 3.66. The third-order valence-electron chi connectivity index (χ3n) is 3.08. The first-order valence-electron chi connectivity index (χ1n) is 6.57. The summed E-state index contributed by atoms with van der Waals surface area (Å²) in [5.74, 6) is 0.231. The van der Waals surface area contributed by atoms with Gasteiger partial charge in [-0.3, -0.25) is 10.1 Å². The van der Waals surface area contributed by atoms with Gasteiger partial charge in [-0.1, -0.05) is 31.1 Å². The molecule has 2 rings (SSSR count). The van der Waals surface area contributed by atoms with E-state index in [1.165, 1.54) is 16.9 Å². The summed E-state index contributed by atoms with van der Waals surface area (Å²) in [5.41, 5.74) is 2.74. The van der Waals surface area contributed by atoms with Crippen molar-refractivity contribution in [3.63, 3.8) is 0 Å². The maximum Gasteiger partial charge on any atom is 0.257 e. The SMILES string of the molecule is CC(=NO)c1csc(NC(=O)c2ccc(C(C)C)cc2)n1. The van der Waals surface area contributed by atoms with Crippen molar-refractivity contribution >= 4 is 28.1 Å². The van der Waals surface area contributed by atoms with Crippen molar-refractivity contribution in [3.05, 3.63) is 46.5 Å². The van der Waals surface area contributed by atoms with Crippen LogP contribution in [0.5, 0.6) is 0 Å². The summed E-state index contributed by atoms with van der Waals surface area (Å²) >= 11 is 1.29. The molecular weight excluding hydrogens is 286 g/mol. The van der Waals surface area contributed by atoms with Crippen LogP contribution in [0.2, 0.25) is 0 Å². The number of carbonyl (C=O) groups excluding carboxylic acids is 1. The standard InChI is InChI=1S/C15H17N3O2S/c1-9(2)11-4-6-12(7-5-11)14(19)17-15-16-13(8-21-15)10(3)18-20/h4-9,20H,1-3H3,(H,16,17,19). The summed E-state index contributed by atoms with van der Waals surface area (Å²) < 4.78 is 0. The van der Waals surface area contributed by atoms with Crippen LogP contribution in [-0.2, 0) is 0 Å². The van der Waals surface area contributed by atoms with Crippen molar-refractivity contribution in [2.24, 2.45) is 5.16 Å². The number of hydrogen-bond acceptors (Lipinski definition) is 5. The van der Waals surface area contributed by atoms with E-state index >= 15 is 0 Å². The van der Waals surface area contributed by atoms with E-state index in [-0.39, 0.29) is 5.91 Å². The molecule has 0 atom stereocenters. The number of hydrogen-bond donors (Lipinski definition) is 2. The first kappa shape index (κ1) is 15.2. The average Bonchev–Trinajstić information content (AvgIpc) is 2.95. The van der Waals surface area contributed by atoms with Crippen molar-refractivity contribution in [3.8, 4) is 0 Å². The lowest BCUT2D eigenvalue weighted by molar-refractivity contribution is 0.102. The van der Waals surface area contributed by atoms with Gasteiger partial charge in [0, 0.05) is 10.9 Å². The van der Waals surface area contributed by atoms with Crippen LogP contribution in [0.1, 0.15) is 48.3 Å². The number of amides is 1. The highest BCUT2D eigenvalue weighted by Crippen LogP contribution is 2.18. The van der Waals surface area contributed by atoms with Gasteiger partial charge in [-0.15, -0.1) is 11.3 Å². The fourth-order valence-electron chi connectivity index (χ4n) is 1.74. The molecule has 0 aliphatic rings. The Morgan fingerprint density at radius 2 is 2.00 bits per heavy atom. The predicted molar refractivity (Wildman–Crippen MR) is 84.6 cm³/mol. The van der Waals surface area contributed by atoms with E-state index in [4.69, 9.17) is 5.21 Å². The Morgan fingerprint density at radius 3 is 2.57 bits per heavy atom. The molecule has 0 saturated heterocycles. The van der Waals surface area contributed by atoms with E-state index in [0.29, 0.717) is 28.0 Å². The number of carbonyl (C=O) groups is 1. The Balaban J connectivity index is 2.09. The summed E-state index contributed by atoms with van der Waals surface area (Å²) in [4.78, 5) is 16.3. The van der Waals surface area contributed by atoms with Crippen LogP contribution in [0.15, 0.2) is 34.8 Å². The quantitative estimate of drug-likeness (QED) is 0.513. The van der Waals surface area contributed by atoms with Crippen LogP contribution in [-0.4, -0.2) is 21.8 Å². The molecule has 6 heteroatoms. The first-order chi connectivity index (χ1) is 10.0. The topological polar surface area (TPSA) is 74.6 Å². The van der Waals surface area contributed by atoms with E-state index in [2.05, 4.69) is 29.3 Å². The number of aromatic nitrogens is 1. The van der Waals surface area contributed by atoms with Gasteiger partial charge in [0.15, 0.2) is 5.13 Å². The number of nitrogens with one attached hydrogen (secondary N) is 1. The van der Waals surface area contributed by atoms with E-state index in [1.54, 1.807) is 24.4 Å². The number of oxime groups is 1. The Hall–Kier alpha value is -2.21. The van der Waals surface area contributed by atoms with Crippen LogP contribution < -0.4 is 5.32 Å². The molecule has 2 N–H and O–H groups in total. The minimum absolute atomic E-state index is 0.204. The van der Waals surface area contributed by atoms with Gasteiger partial charge in [0.2, 0.25) is 0 Å². The van der Waals surface area contributed by atoms with Gasteiger partial charge in [-0.25, -0.2) is 4.98 Å². The van der Waals surface area contributed by atoms with E-state index in [0.717, 1.165) is 0 Å². The summed E-state index contributed by atoms with van der Waals surface area (Å²) in [6.45, 7) is 5.86. The minimum atomic E-state index is -0.204. The summed E-state index contributed by atoms with van der Waals surface area (Å²) in [6.07, 6.45) is 0. The first-order valence-corrected chi connectivity index (χ1v) is 7.45. The Kier molecular flexibility index (Phi) is 4.70. The lowest BCUT2D eigenvalue weighted by Gasteiger charge is -2.06. The summed E-state index contributed by atoms with van der Waals surface area (Å²) in [5, 5.41) is 16.7. The van der Waals surface area contributed by atoms with Crippen molar-refractivity contribution < 1.29 is 10.0 Å². The second-order valence-electron chi connectivity index (χ2n) is 4.95. The van der Waals surface area contributed by atoms with Crippen molar-refractivity contribution in [2.75, 3.05) is 5.32 Å². The normalized spacial score (nSPS) is 11.7. The molecule has 2 aromatic rings. The Morgan fingerprint density at radius 1 is 1.33 bits per heavy atom. The van der Waals surface area contributed by atoms with E-state index < -0.39 is 0 Å². The van der Waals surface area contributed by atoms with Gasteiger partial charge in [0.1, 0.15) is 11.4 Å². The molecule has 0 aliphatic carbocycles. The number of anilines is 1. The highest BCUT2D eigenvalue weighted by atomic mass is 32.1. The monoisotopic (exact) mass is 303 g/mol. The second kappa shape index (κ2) is 6.49. The van der Waals surface area contributed by atoms with Gasteiger partial charge in [0.25, 0.3) is 5.91 Å².